The van der Waals surface area contributed by atoms with E-state index in [1.165, 1.54) is 13.8 Å². The summed E-state index contributed by atoms with van der Waals surface area (Å²) in [5.74, 6) is -2.18. The molecule has 0 aromatic rings. The zero-order chi connectivity index (χ0) is 9.72. The molecule has 0 rings (SSSR count). The average Bonchev–Trinajstić information content (AvgIpc) is 2.02. The first-order valence-electron chi connectivity index (χ1n) is 3.29. The van der Waals surface area contributed by atoms with Gasteiger partial charge in [0.05, 0.1) is 7.11 Å². The van der Waals surface area contributed by atoms with Gasteiger partial charge in [-0.2, -0.15) is 0 Å². The molecule has 1 unspecified atom stereocenters. The quantitative estimate of drug-likeness (QED) is 0.451. The lowest BCUT2D eigenvalue weighted by molar-refractivity contribution is -0.146. The number of methoxy groups -OCH3 is 1. The molecule has 0 spiro atoms. The Morgan fingerprint density at radius 1 is 1.25 bits per heavy atom. The Kier molecular flexibility index (Phi) is 3.96. The molecule has 0 bridgehead atoms. The van der Waals surface area contributed by atoms with Crippen molar-refractivity contribution in [1.29, 1.82) is 0 Å². The Hall–Kier alpha value is -1.39. The summed E-state index contributed by atoms with van der Waals surface area (Å²) in [6.45, 7) is 2.59. The highest BCUT2D eigenvalue weighted by Crippen LogP contribution is 2.00. The predicted molar refractivity (Wildman–Crippen MR) is 38.3 cm³/mol. The molecule has 0 heterocycles. The van der Waals surface area contributed by atoms with Crippen molar-refractivity contribution in [2.45, 2.75) is 13.8 Å². The summed E-state index contributed by atoms with van der Waals surface area (Å²) in [5, 5.41) is 0. The molecule has 5 heteroatoms. The zero-order valence-corrected chi connectivity index (χ0v) is 7.12. The summed E-state index contributed by atoms with van der Waals surface area (Å²) < 4.78 is 8.16. The van der Waals surface area contributed by atoms with Gasteiger partial charge in [-0.25, -0.2) is 4.79 Å². The molecule has 0 aliphatic carbocycles. The van der Waals surface area contributed by atoms with Crippen LogP contribution in [0.3, 0.4) is 0 Å². The van der Waals surface area contributed by atoms with Crippen LogP contribution in [-0.4, -0.2) is 25.0 Å². The van der Waals surface area contributed by atoms with Crippen LogP contribution >= 0.6 is 0 Å². The first-order chi connectivity index (χ1) is 5.49. The van der Waals surface area contributed by atoms with E-state index in [0.29, 0.717) is 0 Å². The van der Waals surface area contributed by atoms with E-state index in [4.69, 9.17) is 0 Å². The van der Waals surface area contributed by atoms with Crippen LogP contribution in [0.5, 0.6) is 0 Å². The number of ether oxygens (including phenoxy) is 2. The third-order valence-electron chi connectivity index (χ3n) is 1.31. The van der Waals surface area contributed by atoms with Crippen molar-refractivity contribution in [3.8, 4) is 0 Å². The highest BCUT2D eigenvalue weighted by molar-refractivity contribution is 5.99. The van der Waals surface area contributed by atoms with E-state index in [1.54, 1.807) is 0 Å². The number of hydrogen-bond donors (Lipinski definition) is 0. The van der Waals surface area contributed by atoms with Crippen LogP contribution in [0.2, 0.25) is 0 Å². The topological polar surface area (TPSA) is 69.7 Å². The molecule has 0 aliphatic heterocycles. The molecule has 12 heavy (non-hydrogen) atoms. The maximum Gasteiger partial charge on any atom is 0.515 e. The molecular weight excluding hydrogens is 164 g/mol. The van der Waals surface area contributed by atoms with Crippen molar-refractivity contribution in [2.24, 2.45) is 5.92 Å². The van der Waals surface area contributed by atoms with Crippen LogP contribution in [0.25, 0.3) is 0 Å². The van der Waals surface area contributed by atoms with E-state index in [2.05, 4.69) is 9.47 Å². The molecule has 0 aliphatic rings. The van der Waals surface area contributed by atoms with E-state index >= 15 is 0 Å². The van der Waals surface area contributed by atoms with Crippen molar-refractivity contribution in [3.05, 3.63) is 0 Å². The lowest BCUT2D eigenvalue weighted by Crippen LogP contribution is -2.23. The fourth-order valence-electron chi connectivity index (χ4n) is 0.378. The molecule has 0 amide bonds. The number of carbonyl (C=O) groups excluding carboxylic acids is 3. The SMILES string of the molecule is COC(=O)OC(=O)C(C)C(C)=O. The van der Waals surface area contributed by atoms with Crippen LogP contribution < -0.4 is 0 Å². The highest BCUT2D eigenvalue weighted by Gasteiger charge is 2.22. The lowest BCUT2D eigenvalue weighted by atomic mass is 10.1. The number of Topliss-reactive ketones (excluding diaryl/α,β-unsaturated/α-hetero) is 1. The molecule has 1 atom stereocenters. The average molecular weight is 174 g/mol. The van der Waals surface area contributed by atoms with Gasteiger partial charge in [-0.3, -0.25) is 9.59 Å². The number of rotatable bonds is 2. The maximum absolute atomic E-state index is 10.8. The minimum absolute atomic E-state index is 0.357. The minimum Gasteiger partial charge on any atom is -0.437 e. The molecular formula is C7H10O5. The van der Waals surface area contributed by atoms with Gasteiger partial charge in [0.2, 0.25) is 0 Å². The Balaban J connectivity index is 4.04. The summed E-state index contributed by atoms with van der Waals surface area (Å²) in [4.78, 5) is 31.8. The molecule has 0 saturated heterocycles. The molecule has 0 N–H and O–H groups in total. The molecule has 5 nitrogen and oxygen atoms in total. The highest BCUT2D eigenvalue weighted by atomic mass is 16.7. The van der Waals surface area contributed by atoms with Crippen molar-refractivity contribution in [3.63, 3.8) is 0 Å². The van der Waals surface area contributed by atoms with E-state index in [1.807, 2.05) is 0 Å². The fourth-order valence-corrected chi connectivity index (χ4v) is 0.378. The second-order valence-electron chi connectivity index (χ2n) is 2.21. The summed E-state index contributed by atoms with van der Waals surface area (Å²) in [6, 6.07) is 0. The van der Waals surface area contributed by atoms with Gasteiger partial charge in [0, 0.05) is 0 Å². The van der Waals surface area contributed by atoms with Crippen molar-refractivity contribution in [1.82, 2.24) is 0 Å². The van der Waals surface area contributed by atoms with Gasteiger partial charge in [-0.1, -0.05) is 0 Å². The minimum atomic E-state index is -1.10. The smallest absolute Gasteiger partial charge is 0.437 e. The van der Waals surface area contributed by atoms with Crippen LogP contribution in [0, 0.1) is 5.92 Å². The Bertz CT molecular complexity index is 208. The molecule has 0 aromatic carbocycles. The second-order valence-corrected chi connectivity index (χ2v) is 2.21. The Labute approximate surface area is 69.6 Å². The maximum atomic E-state index is 10.8. The van der Waals surface area contributed by atoms with Gasteiger partial charge in [0.1, 0.15) is 11.7 Å². The van der Waals surface area contributed by atoms with Gasteiger partial charge in [-0.05, 0) is 13.8 Å². The van der Waals surface area contributed by atoms with E-state index < -0.39 is 18.0 Å². The van der Waals surface area contributed by atoms with E-state index in [-0.39, 0.29) is 5.78 Å². The standard InChI is InChI=1S/C7H10O5/c1-4(5(2)8)6(9)12-7(10)11-3/h4H,1-3H3. The first-order valence-corrected chi connectivity index (χ1v) is 3.29. The second kappa shape index (κ2) is 4.48. The summed E-state index contributed by atoms with van der Waals surface area (Å²) in [6.07, 6.45) is -1.10. The van der Waals surface area contributed by atoms with Gasteiger partial charge in [0.25, 0.3) is 0 Å². The van der Waals surface area contributed by atoms with Crippen LogP contribution in [-0.2, 0) is 19.1 Å². The largest absolute Gasteiger partial charge is 0.515 e. The predicted octanol–water partition coefficient (Wildman–Crippen LogP) is 0.521. The Morgan fingerprint density at radius 3 is 2.08 bits per heavy atom. The van der Waals surface area contributed by atoms with E-state index in [9.17, 15) is 14.4 Å². The lowest BCUT2D eigenvalue weighted by Gasteiger charge is -2.04. The third-order valence-corrected chi connectivity index (χ3v) is 1.31. The van der Waals surface area contributed by atoms with Crippen molar-refractivity contribution >= 4 is 17.9 Å². The van der Waals surface area contributed by atoms with Crippen LogP contribution in [0.1, 0.15) is 13.8 Å². The first kappa shape index (κ1) is 10.6. The number of carbonyl (C=O) groups is 3. The normalized spacial score (nSPS) is 11.6. The summed E-state index contributed by atoms with van der Waals surface area (Å²) in [7, 11) is 1.08. The third kappa shape index (κ3) is 3.14. The number of esters is 1. The van der Waals surface area contributed by atoms with E-state index in [0.717, 1.165) is 7.11 Å². The molecule has 0 saturated carbocycles. The van der Waals surface area contributed by atoms with Gasteiger partial charge >= 0.3 is 12.1 Å². The molecule has 0 aromatic heterocycles. The number of hydrogen-bond acceptors (Lipinski definition) is 5. The van der Waals surface area contributed by atoms with Crippen LogP contribution in [0.15, 0.2) is 0 Å². The summed E-state index contributed by atoms with van der Waals surface area (Å²) >= 11 is 0. The summed E-state index contributed by atoms with van der Waals surface area (Å²) in [5.41, 5.74) is 0. The van der Waals surface area contributed by atoms with Gasteiger partial charge < -0.3 is 9.47 Å². The number of ketones is 1. The van der Waals surface area contributed by atoms with Crippen molar-refractivity contribution < 1.29 is 23.9 Å². The Morgan fingerprint density at radius 2 is 1.75 bits per heavy atom. The van der Waals surface area contributed by atoms with Gasteiger partial charge in [0.15, 0.2) is 0 Å². The monoisotopic (exact) mass is 174 g/mol. The van der Waals surface area contributed by atoms with Crippen LogP contribution in [0.4, 0.5) is 4.79 Å². The molecule has 0 fully saturated rings. The molecule has 68 valence electrons. The molecule has 0 radical (unpaired) electrons. The fraction of sp³-hybridized carbons (Fsp3) is 0.571. The zero-order valence-electron chi connectivity index (χ0n) is 7.12. The van der Waals surface area contributed by atoms with Gasteiger partial charge in [-0.15, -0.1) is 0 Å². The van der Waals surface area contributed by atoms with Crippen molar-refractivity contribution in [2.75, 3.05) is 7.11 Å².